The first-order chi connectivity index (χ1) is 16.7. The Labute approximate surface area is 207 Å². The van der Waals surface area contributed by atoms with Gasteiger partial charge >= 0.3 is 0 Å². The van der Waals surface area contributed by atoms with E-state index in [1.165, 1.54) is 10.5 Å². The van der Waals surface area contributed by atoms with Crippen LogP contribution in [-0.2, 0) is 16.0 Å². The van der Waals surface area contributed by atoms with E-state index in [4.69, 9.17) is 10.1 Å². The average Bonchev–Trinajstić information content (AvgIpc) is 3.23. The second-order valence-corrected chi connectivity index (χ2v) is 10.1. The van der Waals surface area contributed by atoms with E-state index in [1.54, 1.807) is 25.6 Å². The number of nitrogens with one attached hydrogen (secondary N) is 3. The molecule has 1 aliphatic carbocycles. The zero-order chi connectivity index (χ0) is 25.2. The Bertz CT molecular complexity index is 1100. The summed E-state index contributed by atoms with van der Waals surface area (Å²) in [5.41, 5.74) is 3.09. The molecule has 186 valence electrons. The summed E-state index contributed by atoms with van der Waals surface area (Å²) >= 11 is 0. The van der Waals surface area contributed by atoms with Crippen LogP contribution in [0.3, 0.4) is 0 Å². The summed E-state index contributed by atoms with van der Waals surface area (Å²) in [5, 5.41) is 15.0. The van der Waals surface area contributed by atoms with Crippen LogP contribution in [-0.4, -0.2) is 46.9 Å². The molecule has 1 aromatic heterocycles. The van der Waals surface area contributed by atoms with E-state index in [-0.39, 0.29) is 36.2 Å². The molecule has 0 saturated carbocycles. The molecule has 2 aliphatic rings. The second-order valence-electron chi connectivity index (χ2n) is 10.1. The molecule has 8 heteroatoms. The van der Waals surface area contributed by atoms with Crippen molar-refractivity contribution in [1.29, 1.82) is 5.41 Å². The summed E-state index contributed by atoms with van der Waals surface area (Å²) in [6.45, 7) is 6.46. The predicted octanol–water partition coefficient (Wildman–Crippen LogP) is 3.75. The maximum Gasteiger partial charge on any atom is 0.253 e. The quantitative estimate of drug-likeness (QED) is 0.537. The molecule has 1 unspecified atom stereocenters. The number of pyridine rings is 1. The van der Waals surface area contributed by atoms with Gasteiger partial charge in [-0.05, 0) is 54.9 Å². The number of benzene rings is 1. The molecule has 0 bridgehead atoms. The van der Waals surface area contributed by atoms with Gasteiger partial charge in [0.1, 0.15) is 0 Å². The zero-order valence-corrected chi connectivity index (χ0v) is 20.9. The Balaban J connectivity index is 1.57. The van der Waals surface area contributed by atoms with Crippen LogP contribution >= 0.6 is 0 Å². The van der Waals surface area contributed by atoms with Gasteiger partial charge in [0.05, 0.1) is 24.1 Å². The SMILES string of the molecule is COCCC(c1cncc(C(=O)N[C@H]2CCc3ccccc32)c1)N1C(=N)N[C@](C)(C(C)C)CC1=O. The van der Waals surface area contributed by atoms with Crippen LogP contribution in [0.25, 0.3) is 0 Å². The Hall–Kier alpha value is -3.26. The van der Waals surface area contributed by atoms with E-state index in [0.717, 1.165) is 18.4 Å². The standard InChI is InChI=1S/C27H35N5O3/c1-17(2)27(3)14-24(33)32(26(28)31-27)23(11-12-35-4)19-13-20(16-29-15-19)25(34)30-22-10-9-18-7-5-6-8-21(18)22/h5-8,13,15-17,22-23H,9-12,14H2,1-4H3,(H2,28,31)(H,30,34)/t22-,23?,27-/m0/s1. The normalized spacial score (nSPS) is 22.7. The highest BCUT2D eigenvalue weighted by Gasteiger charge is 2.43. The van der Waals surface area contributed by atoms with E-state index in [9.17, 15) is 9.59 Å². The van der Waals surface area contributed by atoms with E-state index < -0.39 is 11.6 Å². The fourth-order valence-corrected chi connectivity index (χ4v) is 4.96. The smallest absolute Gasteiger partial charge is 0.253 e. The predicted molar refractivity (Wildman–Crippen MR) is 134 cm³/mol. The molecule has 35 heavy (non-hydrogen) atoms. The van der Waals surface area contributed by atoms with Gasteiger partial charge < -0.3 is 15.4 Å². The summed E-state index contributed by atoms with van der Waals surface area (Å²) in [5.74, 6) is -0.0719. The second kappa shape index (κ2) is 10.2. The molecule has 2 aromatic rings. The molecule has 3 atom stereocenters. The average molecular weight is 478 g/mol. The molecule has 4 rings (SSSR count). The fourth-order valence-electron chi connectivity index (χ4n) is 4.96. The number of amides is 2. The lowest BCUT2D eigenvalue weighted by molar-refractivity contribution is -0.133. The molecule has 1 aliphatic heterocycles. The van der Waals surface area contributed by atoms with Gasteiger partial charge in [-0.2, -0.15) is 0 Å². The first-order valence-corrected chi connectivity index (χ1v) is 12.2. The van der Waals surface area contributed by atoms with Crippen LogP contribution in [0.5, 0.6) is 0 Å². The lowest BCUT2D eigenvalue weighted by atomic mass is 9.83. The first kappa shape index (κ1) is 24.9. The summed E-state index contributed by atoms with van der Waals surface area (Å²) < 4.78 is 5.31. The number of methoxy groups -OCH3 is 1. The van der Waals surface area contributed by atoms with E-state index in [0.29, 0.717) is 24.2 Å². The minimum atomic E-state index is -0.478. The lowest BCUT2D eigenvalue weighted by Gasteiger charge is -2.45. The molecule has 2 heterocycles. The van der Waals surface area contributed by atoms with Crippen molar-refractivity contribution in [2.75, 3.05) is 13.7 Å². The third kappa shape index (κ3) is 5.07. The maximum absolute atomic E-state index is 13.3. The highest BCUT2D eigenvalue weighted by Crippen LogP contribution is 2.33. The number of rotatable bonds is 8. The fraction of sp³-hybridized carbons (Fsp3) is 0.481. The number of nitrogens with zero attached hydrogens (tertiary/aromatic N) is 2. The van der Waals surface area contributed by atoms with Crippen LogP contribution in [0.4, 0.5) is 0 Å². The van der Waals surface area contributed by atoms with Gasteiger partial charge in [0.25, 0.3) is 5.91 Å². The highest BCUT2D eigenvalue weighted by atomic mass is 16.5. The van der Waals surface area contributed by atoms with Gasteiger partial charge in [0.2, 0.25) is 5.91 Å². The molecular formula is C27H35N5O3. The van der Waals surface area contributed by atoms with Crippen molar-refractivity contribution in [3.8, 4) is 0 Å². The Morgan fingerprint density at radius 2 is 2.11 bits per heavy atom. The monoisotopic (exact) mass is 477 g/mol. The van der Waals surface area contributed by atoms with Crippen LogP contribution in [0, 0.1) is 11.3 Å². The number of aromatic nitrogens is 1. The van der Waals surface area contributed by atoms with Gasteiger partial charge in [0.15, 0.2) is 5.96 Å². The Kier molecular flexibility index (Phi) is 7.21. The van der Waals surface area contributed by atoms with Crippen LogP contribution in [0.15, 0.2) is 42.7 Å². The van der Waals surface area contributed by atoms with Crippen molar-refractivity contribution in [3.63, 3.8) is 0 Å². The Morgan fingerprint density at radius 1 is 1.34 bits per heavy atom. The number of carbonyl (C=O) groups is 2. The lowest BCUT2D eigenvalue weighted by Crippen LogP contribution is -2.63. The number of carbonyl (C=O) groups excluding carboxylic acids is 2. The molecule has 8 nitrogen and oxygen atoms in total. The highest BCUT2D eigenvalue weighted by molar-refractivity contribution is 6.00. The van der Waals surface area contributed by atoms with Gasteiger partial charge in [-0.15, -0.1) is 0 Å². The third-order valence-electron chi connectivity index (χ3n) is 7.46. The molecule has 1 aromatic carbocycles. The molecule has 1 saturated heterocycles. The third-order valence-corrected chi connectivity index (χ3v) is 7.46. The molecule has 1 fully saturated rings. The van der Waals surface area contributed by atoms with E-state index in [1.807, 2.05) is 32.9 Å². The van der Waals surface area contributed by atoms with Gasteiger partial charge in [-0.25, -0.2) is 0 Å². The Morgan fingerprint density at radius 3 is 2.83 bits per heavy atom. The first-order valence-electron chi connectivity index (χ1n) is 12.2. The molecule has 3 N–H and O–H groups in total. The van der Waals surface area contributed by atoms with E-state index in [2.05, 4.69) is 27.8 Å². The van der Waals surface area contributed by atoms with Gasteiger partial charge in [-0.3, -0.25) is 24.9 Å². The number of aryl methyl sites for hydroxylation is 1. The summed E-state index contributed by atoms with van der Waals surface area (Å²) in [6, 6.07) is 9.47. The van der Waals surface area contributed by atoms with Crippen molar-refractivity contribution in [3.05, 3.63) is 65.0 Å². The summed E-state index contributed by atoms with van der Waals surface area (Å²) in [7, 11) is 1.61. The minimum Gasteiger partial charge on any atom is -0.385 e. The summed E-state index contributed by atoms with van der Waals surface area (Å²) in [4.78, 5) is 32.2. The van der Waals surface area contributed by atoms with Crippen LogP contribution in [0.2, 0.25) is 0 Å². The van der Waals surface area contributed by atoms with Gasteiger partial charge in [-0.1, -0.05) is 38.1 Å². The number of hydrogen-bond donors (Lipinski definition) is 3. The van der Waals surface area contributed by atoms with E-state index >= 15 is 0 Å². The van der Waals surface area contributed by atoms with Crippen LogP contribution in [0.1, 0.15) is 79.2 Å². The number of ether oxygens (including phenoxy) is 1. The largest absolute Gasteiger partial charge is 0.385 e. The number of fused-ring (bicyclic) bond motifs is 1. The molecular weight excluding hydrogens is 442 g/mol. The molecule has 0 radical (unpaired) electrons. The maximum atomic E-state index is 13.3. The zero-order valence-electron chi connectivity index (χ0n) is 20.9. The van der Waals surface area contributed by atoms with Crippen molar-refractivity contribution in [1.82, 2.24) is 20.5 Å². The number of hydrogen-bond acceptors (Lipinski definition) is 5. The molecule has 0 spiro atoms. The summed E-state index contributed by atoms with van der Waals surface area (Å²) in [6.07, 6.45) is 5.79. The molecule has 2 amide bonds. The van der Waals surface area contributed by atoms with Gasteiger partial charge in [0, 0.05) is 31.6 Å². The van der Waals surface area contributed by atoms with Crippen molar-refractivity contribution >= 4 is 17.8 Å². The number of guanidine groups is 1. The van der Waals surface area contributed by atoms with Crippen molar-refractivity contribution in [2.24, 2.45) is 5.92 Å². The van der Waals surface area contributed by atoms with Crippen molar-refractivity contribution in [2.45, 2.75) is 64.1 Å². The topological polar surface area (TPSA) is 107 Å². The minimum absolute atomic E-state index is 0.0265. The van der Waals surface area contributed by atoms with Crippen molar-refractivity contribution < 1.29 is 14.3 Å². The van der Waals surface area contributed by atoms with Crippen LogP contribution < -0.4 is 10.6 Å².